The highest BCUT2D eigenvalue weighted by atomic mass is 16.5. The van der Waals surface area contributed by atoms with Crippen molar-refractivity contribution < 1.29 is 9.84 Å². The Morgan fingerprint density at radius 2 is 1.97 bits per heavy atom. The van der Waals surface area contributed by atoms with Crippen molar-refractivity contribution >= 4 is 5.95 Å². The van der Waals surface area contributed by atoms with E-state index in [9.17, 15) is 5.11 Å². The third-order valence-electron chi connectivity index (χ3n) is 5.85. The maximum atomic E-state index is 9.41. The zero-order chi connectivity index (χ0) is 22.3. The van der Waals surface area contributed by atoms with E-state index in [1.807, 2.05) is 24.3 Å². The van der Waals surface area contributed by atoms with Crippen molar-refractivity contribution in [2.75, 3.05) is 38.6 Å². The van der Waals surface area contributed by atoms with Crippen molar-refractivity contribution in [3.05, 3.63) is 65.9 Å². The fourth-order valence-electron chi connectivity index (χ4n) is 3.98. The normalized spacial score (nSPS) is 16.6. The number of aromatic hydroxyl groups is 1. The summed E-state index contributed by atoms with van der Waals surface area (Å²) in [6, 6.07) is 16.0. The number of hydrogen-bond donors (Lipinski definition) is 3. The molecule has 0 spiro atoms. The fourth-order valence-corrected chi connectivity index (χ4v) is 3.98. The molecule has 1 aliphatic rings. The van der Waals surface area contributed by atoms with Gasteiger partial charge in [-0.05, 0) is 54.8 Å². The van der Waals surface area contributed by atoms with Crippen LogP contribution in [-0.2, 0) is 13.0 Å². The highest BCUT2D eigenvalue weighted by Crippen LogP contribution is 2.30. The second-order valence-electron chi connectivity index (χ2n) is 8.17. The number of methoxy groups -OCH3 is 1. The molecule has 7 nitrogen and oxygen atoms in total. The van der Waals surface area contributed by atoms with Gasteiger partial charge in [-0.2, -0.15) is 0 Å². The summed E-state index contributed by atoms with van der Waals surface area (Å²) in [6.45, 7) is 6.96. The number of piperazine rings is 1. The molecule has 0 bridgehead atoms. The highest BCUT2D eigenvalue weighted by Gasteiger charge is 2.19. The van der Waals surface area contributed by atoms with Crippen LogP contribution in [0.1, 0.15) is 18.1 Å². The minimum Gasteiger partial charge on any atom is -0.508 e. The van der Waals surface area contributed by atoms with Crippen LogP contribution in [0.2, 0.25) is 0 Å². The predicted molar refractivity (Wildman–Crippen MR) is 127 cm³/mol. The summed E-state index contributed by atoms with van der Waals surface area (Å²) < 4.78 is 5.63. The zero-order valence-corrected chi connectivity index (χ0v) is 18.7. The SMILES string of the molecule is COc1ccc(CN2CCNCC2C)cc1-c1ccnc(NCCc2ccc(O)cc2)n1. The van der Waals surface area contributed by atoms with Crippen molar-refractivity contribution in [3.8, 4) is 22.8 Å². The van der Waals surface area contributed by atoms with E-state index in [1.165, 1.54) is 5.56 Å². The van der Waals surface area contributed by atoms with Crippen LogP contribution in [0.4, 0.5) is 5.95 Å². The van der Waals surface area contributed by atoms with Crippen LogP contribution >= 0.6 is 0 Å². The van der Waals surface area contributed by atoms with Crippen molar-refractivity contribution in [1.29, 1.82) is 0 Å². The summed E-state index contributed by atoms with van der Waals surface area (Å²) in [4.78, 5) is 11.6. The monoisotopic (exact) mass is 433 g/mol. The van der Waals surface area contributed by atoms with Crippen LogP contribution in [-0.4, -0.2) is 59.3 Å². The van der Waals surface area contributed by atoms with Gasteiger partial charge in [-0.15, -0.1) is 0 Å². The van der Waals surface area contributed by atoms with Gasteiger partial charge in [-0.25, -0.2) is 9.97 Å². The smallest absolute Gasteiger partial charge is 0.223 e. The number of hydrogen-bond acceptors (Lipinski definition) is 7. The largest absolute Gasteiger partial charge is 0.508 e. The molecule has 4 rings (SSSR count). The van der Waals surface area contributed by atoms with Crippen molar-refractivity contribution in [3.63, 3.8) is 0 Å². The van der Waals surface area contributed by atoms with Crippen LogP contribution in [0, 0.1) is 0 Å². The lowest BCUT2D eigenvalue weighted by atomic mass is 10.0. The molecule has 2 heterocycles. The van der Waals surface area contributed by atoms with Gasteiger partial charge in [-0.3, -0.25) is 4.90 Å². The number of benzene rings is 2. The molecule has 0 saturated carbocycles. The third kappa shape index (κ3) is 5.55. The molecule has 3 N–H and O–H groups in total. The number of phenolic OH excluding ortho intramolecular Hbond substituents is 1. The Bertz CT molecular complexity index is 1030. The molecule has 0 radical (unpaired) electrons. The van der Waals surface area contributed by atoms with Gasteiger partial charge in [0.15, 0.2) is 0 Å². The van der Waals surface area contributed by atoms with E-state index >= 15 is 0 Å². The zero-order valence-electron chi connectivity index (χ0n) is 18.7. The first-order chi connectivity index (χ1) is 15.6. The minimum absolute atomic E-state index is 0.278. The molecule has 7 heteroatoms. The van der Waals surface area contributed by atoms with Gasteiger partial charge >= 0.3 is 0 Å². The topological polar surface area (TPSA) is 82.5 Å². The Morgan fingerprint density at radius 3 is 2.75 bits per heavy atom. The van der Waals surface area contributed by atoms with Crippen molar-refractivity contribution in [2.45, 2.75) is 25.9 Å². The van der Waals surface area contributed by atoms with Crippen molar-refractivity contribution in [2.24, 2.45) is 0 Å². The Balaban J connectivity index is 1.47. The lowest BCUT2D eigenvalue weighted by molar-refractivity contribution is 0.165. The van der Waals surface area contributed by atoms with E-state index in [4.69, 9.17) is 9.72 Å². The molecule has 3 aromatic rings. The first kappa shape index (κ1) is 22.0. The standard InChI is InChI=1S/C25H31N5O2/c1-18-16-26-13-14-30(18)17-20-5-8-24(32-2)22(15-20)23-10-12-28-25(29-23)27-11-9-19-3-6-21(31)7-4-19/h3-8,10,12,15,18,26,31H,9,11,13-14,16-17H2,1-2H3,(H,27,28,29). The van der Waals surface area contributed by atoms with E-state index in [2.05, 4.69) is 39.6 Å². The number of nitrogens with one attached hydrogen (secondary N) is 2. The van der Waals surface area contributed by atoms with Gasteiger partial charge in [0.2, 0.25) is 5.95 Å². The molecule has 168 valence electrons. The van der Waals surface area contributed by atoms with E-state index in [-0.39, 0.29) is 5.75 Å². The van der Waals surface area contributed by atoms with Crippen LogP contribution in [0.25, 0.3) is 11.3 Å². The van der Waals surface area contributed by atoms with Crippen LogP contribution in [0.3, 0.4) is 0 Å². The van der Waals surface area contributed by atoms with E-state index in [1.54, 1.807) is 25.4 Å². The van der Waals surface area contributed by atoms with Crippen molar-refractivity contribution in [1.82, 2.24) is 20.2 Å². The second-order valence-corrected chi connectivity index (χ2v) is 8.17. The number of rotatable bonds is 8. The summed E-state index contributed by atoms with van der Waals surface area (Å²) in [5, 5.41) is 16.2. The lowest BCUT2D eigenvalue weighted by Gasteiger charge is -2.34. The van der Waals surface area contributed by atoms with Gasteiger partial charge in [-0.1, -0.05) is 18.2 Å². The summed E-state index contributed by atoms with van der Waals surface area (Å²) in [5.41, 5.74) is 4.19. The molecule has 0 amide bonds. The lowest BCUT2D eigenvalue weighted by Crippen LogP contribution is -2.49. The predicted octanol–water partition coefficient (Wildman–Crippen LogP) is 3.31. The number of aromatic nitrogens is 2. The molecule has 1 unspecified atom stereocenters. The maximum absolute atomic E-state index is 9.41. The van der Waals surface area contributed by atoms with E-state index in [0.29, 0.717) is 18.5 Å². The fraction of sp³-hybridized carbons (Fsp3) is 0.360. The van der Waals surface area contributed by atoms with E-state index in [0.717, 1.165) is 55.2 Å². The Hall–Kier alpha value is -3.16. The van der Waals surface area contributed by atoms with Gasteiger partial charge in [0.1, 0.15) is 11.5 Å². The Labute approximate surface area is 189 Å². The summed E-state index contributed by atoms with van der Waals surface area (Å²) in [7, 11) is 1.69. The average molecular weight is 434 g/mol. The van der Waals surface area contributed by atoms with Gasteiger partial charge in [0.05, 0.1) is 12.8 Å². The second kappa shape index (κ2) is 10.4. The highest BCUT2D eigenvalue weighted by molar-refractivity contribution is 5.68. The molecule has 2 aromatic carbocycles. The third-order valence-corrected chi connectivity index (χ3v) is 5.85. The summed E-state index contributed by atoms with van der Waals surface area (Å²) in [6.07, 6.45) is 2.59. The Kier molecular flexibility index (Phi) is 7.19. The van der Waals surface area contributed by atoms with E-state index < -0.39 is 0 Å². The molecule has 1 saturated heterocycles. The molecular formula is C25H31N5O2. The first-order valence-electron chi connectivity index (χ1n) is 11.1. The molecule has 1 aliphatic heterocycles. The molecule has 0 aliphatic carbocycles. The minimum atomic E-state index is 0.278. The van der Waals surface area contributed by atoms with Crippen LogP contribution < -0.4 is 15.4 Å². The molecule has 1 aromatic heterocycles. The average Bonchev–Trinajstić information content (AvgIpc) is 2.82. The summed E-state index contributed by atoms with van der Waals surface area (Å²) >= 11 is 0. The van der Waals surface area contributed by atoms with Gasteiger partial charge < -0.3 is 20.5 Å². The van der Waals surface area contributed by atoms with Gasteiger partial charge in [0, 0.05) is 50.5 Å². The summed E-state index contributed by atoms with van der Waals surface area (Å²) in [5.74, 6) is 1.67. The molecular weight excluding hydrogens is 402 g/mol. The molecule has 1 fully saturated rings. The number of phenols is 1. The van der Waals surface area contributed by atoms with Crippen LogP contribution in [0.5, 0.6) is 11.5 Å². The number of anilines is 1. The maximum Gasteiger partial charge on any atom is 0.223 e. The van der Waals surface area contributed by atoms with Gasteiger partial charge in [0.25, 0.3) is 0 Å². The Morgan fingerprint density at radius 1 is 1.16 bits per heavy atom. The first-order valence-corrected chi connectivity index (χ1v) is 11.1. The molecule has 32 heavy (non-hydrogen) atoms. The molecule has 1 atom stereocenters. The quantitative estimate of drug-likeness (QED) is 0.503. The van der Waals surface area contributed by atoms with Crippen LogP contribution in [0.15, 0.2) is 54.7 Å². The number of nitrogens with zero attached hydrogens (tertiary/aromatic N) is 3. The number of ether oxygens (including phenoxy) is 1.